The predicted molar refractivity (Wildman–Crippen MR) is 144 cm³/mol. The summed E-state index contributed by atoms with van der Waals surface area (Å²) in [6.45, 7) is 3.70. The topological polar surface area (TPSA) is 219 Å². The molecule has 0 unspecified atom stereocenters. The van der Waals surface area contributed by atoms with E-state index in [-0.39, 0.29) is 20.6 Å². The first-order valence-corrected chi connectivity index (χ1v) is 13.5. The van der Waals surface area contributed by atoms with Gasteiger partial charge < -0.3 is 20.8 Å². The van der Waals surface area contributed by atoms with E-state index in [9.17, 15) is 56.6 Å². The number of nitrogens with two attached hydrogens (primary N) is 1. The number of carboxylic acids is 2. The maximum absolute atomic E-state index is 14.1. The zero-order valence-electron chi connectivity index (χ0n) is 24.6. The third-order valence-corrected chi connectivity index (χ3v) is 7.50. The van der Waals surface area contributed by atoms with Crippen molar-refractivity contribution in [2.75, 3.05) is 6.54 Å². The molecule has 2 heterocycles. The standard InChI is InChI=1S/C26H34F3N5O10/c1-12(2)19(20(39)26(27,28)29)34(24(44)31-8-6-7-14(31)5)22(42)25(30,13(3)4)16(35)10-33-17(36)9-15(21(40)41)32(23(33)43)11-18(37)38/h9,12-14,19H,6-8,10-11,30H2,1-5H3,(H,37,38)(H,40,41)/t14-,19+,25-/m1/s1. The van der Waals surface area contributed by atoms with E-state index in [0.717, 1.165) is 18.7 Å². The molecule has 18 heteroatoms. The van der Waals surface area contributed by atoms with Crippen molar-refractivity contribution in [1.82, 2.24) is 18.9 Å². The highest BCUT2D eigenvalue weighted by molar-refractivity contribution is 6.16. The Kier molecular flexibility index (Phi) is 10.7. The van der Waals surface area contributed by atoms with Crippen LogP contribution in [0.1, 0.15) is 57.9 Å². The third-order valence-electron chi connectivity index (χ3n) is 7.50. The molecule has 0 spiro atoms. The van der Waals surface area contributed by atoms with Gasteiger partial charge in [-0.25, -0.2) is 14.4 Å². The van der Waals surface area contributed by atoms with Crippen LogP contribution in [0.2, 0.25) is 0 Å². The number of hydrogen-bond acceptors (Lipinski definition) is 9. The number of rotatable bonds is 11. The molecular formula is C26H34F3N5O10. The molecule has 1 fully saturated rings. The van der Waals surface area contributed by atoms with E-state index in [1.54, 1.807) is 6.92 Å². The van der Waals surface area contributed by atoms with Gasteiger partial charge in [-0.3, -0.25) is 38.0 Å². The van der Waals surface area contributed by atoms with Crippen molar-refractivity contribution in [2.24, 2.45) is 17.6 Å². The van der Waals surface area contributed by atoms with E-state index in [1.807, 2.05) is 0 Å². The number of imide groups is 1. The van der Waals surface area contributed by atoms with Crippen LogP contribution in [-0.4, -0.2) is 94.9 Å². The molecular weight excluding hydrogens is 599 g/mol. The number of likely N-dealkylation sites (tertiary alicyclic amines) is 1. The molecule has 0 radical (unpaired) electrons. The largest absolute Gasteiger partial charge is 0.480 e. The SMILES string of the molecule is CC(C)[C@@H](C(=O)C(F)(F)F)N(C(=O)N1CCC[C@H]1C)C(=O)[C@](N)(C(=O)Cn1c(=O)cc(C(=O)O)n(CC(=O)O)c1=O)C(C)C. The van der Waals surface area contributed by atoms with Gasteiger partial charge in [0.05, 0.1) is 6.54 Å². The molecule has 0 bridgehead atoms. The number of halogens is 3. The van der Waals surface area contributed by atoms with Gasteiger partial charge in [-0.05, 0) is 31.6 Å². The maximum Gasteiger partial charge on any atom is 0.452 e. The van der Waals surface area contributed by atoms with E-state index in [1.165, 1.54) is 13.8 Å². The van der Waals surface area contributed by atoms with Crippen LogP contribution in [0.5, 0.6) is 0 Å². The first-order chi connectivity index (χ1) is 20.1. The van der Waals surface area contributed by atoms with Crippen LogP contribution in [0.3, 0.4) is 0 Å². The van der Waals surface area contributed by atoms with Gasteiger partial charge in [0.25, 0.3) is 17.2 Å². The van der Waals surface area contributed by atoms with Crippen LogP contribution in [0.4, 0.5) is 18.0 Å². The summed E-state index contributed by atoms with van der Waals surface area (Å²) in [5.41, 5.74) is -0.626. The first-order valence-electron chi connectivity index (χ1n) is 13.5. The molecule has 4 N–H and O–H groups in total. The number of aromatic nitrogens is 2. The van der Waals surface area contributed by atoms with Gasteiger partial charge in [0.15, 0.2) is 11.3 Å². The monoisotopic (exact) mass is 633 g/mol. The lowest BCUT2D eigenvalue weighted by molar-refractivity contribution is -0.179. The molecule has 15 nitrogen and oxygen atoms in total. The summed E-state index contributed by atoms with van der Waals surface area (Å²) >= 11 is 0. The highest BCUT2D eigenvalue weighted by Crippen LogP contribution is 2.31. The Hall–Kier alpha value is -4.35. The number of aliphatic carboxylic acids is 1. The number of Topliss-reactive ketones (excluding diaryl/α,β-unsaturated/α-hetero) is 2. The summed E-state index contributed by atoms with van der Waals surface area (Å²) in [6, 6.07) is -3.93. The van der Waals surface area contributed by atoms with Crippen molar-refractivity contribution in [3.8, 4) is 0 Å². The van der Waals surface area contributed by atoms with Crippen LogP contribution < -0.4 is 17.0 Å². The minimum absolute atomic E-state index is 0.0242. The molecule has 244 valence electrons. The summed E-state index contributed by atoms with van der Waals surface area (Å²) in [5.74, 6) is -11.7. The average Bonchev–Trinajstić information content (AvgIpc) is 3.33. The number of nitrogens with zero attached hydrogens (tertiary/aromatic N) is 4. The number of amides is 3. The average molecular weight is 634 g/mol. The number of carbonyl (C=O) groups excluding carboxylic acids is 4. The molecule has 1 aliphatic rings. The highest BCUT2D eigenvalue weighted by Gasteiger charge is 2.56. The molecule has 1 aliphatic heterocycles. The Morgan fingerprint density at radius 3 is 2.00 bits per heavy atom. The zero-order valence-corrected chi connectivity index (χ0v) is 24.6. The smallest absolute Gasteiger partial charge is 0.452 e. The summed E-state index contributed by atoms with van der Waals surface area (Å²) in [5, 5.41) is 18.4. The Labute approximate surface area is 248 Å². The van der Waals surface area contributed by atoms with Crippen molar-refractivity contribution in [3.63, 3.8) is 0 Å². The highest BCUT2D eigenvalue weighted by atomic mass is 19.4. The second-order valence-electron chi connectivity index (χ2n) is 11.2. The molecule has 2 rings (SSSR count). The van der Waals surface area contributed by atoms with Gasteiger partial charge in [0.2, 0.25) is 0 Å². The van der Waals surface area contributed by atoms with Crippen LogP contribution in [0.15, 0.2) is 15.7 Å². The predicted octanol–water partition coefficient (Wildman–Crippen LogP) is 0.304. The van der Waals surface area contributed by atoms with Crippen molar-refractivity contribution in [1.29, 1.82) is 0 Å². The summed E-state index contributed by atoms with van der Waals surface area (Å²) < 4.78 is 41.5. The molecule has 0 aromatic carbocycles. The van der Waals surface area contributed by atoms with Gasteiger partial charge in [-0.2, -0.15) is 13.2 Å². The van der Waals surface area contributed by atoms with Crippen LogP contribution in [0.25, 0.3) is 0 Å². The van der Waals surface area contributed by atoms with E-state index in [4.69, 9.17) is 10.8 Å². The Balaban J connectivity index is 2.77. The van der Waals surface area contributed by atoms with Crippen LogP contribution in [0, 0.1) is 11.8 Å². The van der Waals surface area contributed by atoms with Gasteiger partial charge >= 0.3 is 29.8 Å². The number of carboxylic acid groups (broad SMARTS) is 2. The minimum atomic E-state index is -5.50. The molecule has 3 atom stereocenters. The van der Waals surface area contributed by atoms with Gasteiger partial charge in [-0.15, -0.1) is 0 Å². The minimum Gasteiger partial charge on any atom is -0.480 e. The molecule has 1 aromatic rings. The van der Waals surface area contributed by atoms with Crippen molar-refractivity contribution in [2.45, 2.75) is 84.3 Å². The fraction of sp³-hybridized carbons (Fsp3) is 0.615. The number of ketones is 2. The Bertz CT molecular complexity index is 1480. The van der Waals surface area contributed by atoms with E-state index in [0.29, 0.717) is 18.9 Å². The Morgan fingerprint density at radius 2 is 1.59 bits per heavy atom. The number of carbonyl (C=O) groups is 6. The molecule has 0 aliphatic carbocycles. The van der Waals surface area contributed by atoms with Crippen LogP contribution >= 0.6 is 0 Å². The molecule has 0 saturated carbocycles. The number of urea groups is 1. The van der Waals surface area contributed by atoms with Crippen molar-refractivity contribution in [3.05, 3.63) is 32.6 Å². The van der Waals surface area contributed by atoms with Crippen LogP contribution in [-0.2, 0) is 32.3 Å². The summed E-state index contributed by atoms with van der Waals surface area (Å²) in [7, 11) is 0. The lowest BCUT2D eigenvalue weighted by atomic mass is 9.80. The third kappa shape index (κ3) is 6.89. The normalized spacial score (nSPS) is 17.3. The Morgan fingerprint density at radius 1 is 1.02 bits per heavy atom. The maximum atomic E-state index is 14.1. The van der Waals surface area contributed by atoms with E-state index < -0.39 is 101 Å². The lowest BCUT2D eigenvalue weighted by Gasteiger charge is -2.41. The van der Waals surface area contributed by atoms with Crippen molar-refractivity contribution < 1.29 is 52.2 Å². The van der Waals surface area contributed by atoms with Gasteiger partial charge in [0.1, 0.15) is 18.3 Å². The first kappa shape index (κ1) is 35.8. The summed E-state index contributed by atoms with van der Waals surface area (Å²) in [6.07, 6.45) is -4.64. The fourth-order valence-corrected chi connectivity index (χ4v) is 4.96. The number of alkyl halides is 3. The fourth-order valence-electron chi connectivity index (χ4n) is 4.96. The second kappa shape index (κ2) is 13.1. The molecule has 1 saturated heterocycles. The number of hydrogen-bond donors (Lipinski definition) is 3. The number of aromatic carboxylic acids is 1. The van der Waals surface area contributed by atoms with Gasteiger partial charge in [-0.1, -0.05) is 27.7 Å². The van der Waals surface area contributed by atoms with Gasteiger partial charge in [0, 0.05) is 18.7 Å². The zero-order chi connectivity index (χ0) is 34.1. The molecule has 1 aromatic heterocycles. The summed E-state index contributed by atoms with van der Waals surface area (Å²) in [4.78, 5) is 104. The van der Waals surface area contributed by atoms with Crippen molar-refractivity contribution >= 4 is 35.4 Å². The van der Waals surface area contributed by atoms with E-state index >= 15 is 0 Å². The quantitative estimate of drug-likeness (QED) is 0.281. The molecule has 44 heavy (non-hydrogen) atoms. The molecule has 3 amide bonds. The van der Waals surface area contributed by atoms with E-state index in [2.05, 4.69) is 0 Å². The second-order valence-corrected chi connectivity index (χ2v) is 11.2. The lowest BCUT2D eigenvalue weighted by Crippen LogP contribution is -2.70.